The fraction of sp³-hybridized carbons (Fsp3) is 0.556. The van der Waals surface area contributed by atoms with Crippen molar-refractivity contribution in [3.63, 3.8) is 0 Å². The number of unbranched alkanes of at least 4 members (excludes halogenated alkanes) is 6. The number of allylic oxidation sites excluding steroid dienone is 1. The van der Waals surface area contributed by atoms with Crippen LogP contribution in [0.25, 0.3) is 6.08 Å². The van der Waals surface area contributed by atoms with Crippen molar-refractivity contribution in [2.45, 2.75) is 64.7 Å². The number of hydrogen-bond acceptors (Lipinski definition) is 0. The maximum absolute atomic E-state index is 3.66. The standard InChI is InChI=1S/C18H25Br/c1-2-3-4-5-6-7-8-10-15-13-16-11-9-12-18(19)17(16)14-15/h9,11-13H,2-8,10,14H2,1H3. The summed E-state index contributed by atoms with van der Waals surface area (Å²) in [5.74, 6) is 0. The van der Waals surface area contributed by atoms with Crippen molar-refractivity contribution in [3.8, 4) is 0 Å². The third-order valence-corrected chi connectivity index (χ3v) is 4.76. The Bertz CT molecular complexity index is 431. The van der Waals surface area contributed by atoms with Gasteiger partial charge in [0.1, 0.15) is 0 Å². The highest BCUT2D eigenvalue weighted by Crippen LogP contribution is 2.33. The van der Waals surface area contributed by atoms with Gasteiger partial charge >= 0.3 is 0 Å². The molecular weight excluding hydrogens is 296 g/mol. The van der Waals surface area contributed by atoms with E-state index in [1.165, 1.54) is 67.0 Å². The molecule has 104 valence electrons. The minimum absolute atomic E-state index is 1.16. The predicted molar refractivity (Wildman–Crippen MR) is 88.4 cm³/mol. The second kappa shape index (κ2) is 7.89. The van der Waals surface area contributed by atoms with Gasteiger partial charge in [0.15, 0.2) is 0 Å². The first-order valence-corrected chi connectivity index (χ1v) is 8.57. The number of hydrogen-bond donors (Lipinski definition) is 0. The van der Waals surface area contributed by atoms with Gasteiger partial charge in [-0.15, -0.1) is 0 Å². The highest BCUT2D eigenvalue weighted by atomic mass is 79.9. The van der Waals surface area contributed by atoms with E-state index in [0.29, 0.717) is 0 Å². The van der Waals surface area contributed by atoms with Crippen molar-refractivity contribution in [1.29, 1.82) is 0 Å². The van der Waals surface area contributed by atoms with Crippen LogP contribution in [0.1, 0.15) is 69.4 Å². The number of rotatable bonds is 8. The largest absolute Gasteiger partial charge is 0.0654 e. The van der Waals surface area contributed by atoms with E-state index in [4.69, 9.17) is 0 Å². The van der Waals surface area contributed by atoms with Crippen LogP contribution in [0.15, 0.2) is 28.2 Å². The lowest BCUT2D eigenvalue weighted by Crippen LogP contribution is -1.87. The van der Waals surface area contributed by atoms with Crippen LogP contribution in [0.5, 0.6) is 0 Å². The van der Waals surface area contributed by atoms with Gasteiger partial charge < -0.3 is 0 Å². The average molecular weight is 321 g/mol. The fourth-order valence-corrected chi connectivity index (χ4v) is 3.39. The summed E-state index contributed by atoms with van der Waals surface area (Å²) >= 11 is 3.66. The highest BCUT2D eigenvalue weighted by Gasteiger charge is 2.14. The molecule has 19 heavy (non-hydrogen) atoms. The first-order chi connectivity index (χ1) is 9.31. The van der Waals surface area contributed by atoms with Gasteiger partial charge in [-0.25, -0.2) is 0 Å². The Balaban J connectivity index is 1.65. The molecule has 0 amide bonds. The zero-order valence-corrected chi connectivity index (χ0v) is 13.6. The molecule has 0 N–H and O–H groups in total. The van der Waals surface area contributed by atoms with Crippen LogP contribution in [0.2, 0.25) is 0 Å². The molecule has 0 aliphatic heterocycles. The first-order valence-electron chi connectivity index (χ1n) is 7.78. The Kier molecular flexibility index (Phi) is 6.16. The Hall–Kier alpha value is -0.560. The summed E-state index contributed by atoms with van der Waals surface area (Å²) in [5.41, 5.74) is 4.53. The second-order valence-electron chi connectivity index (χ2n) is 5.66. The maximum atomic E-state index is 3.66. The van der Waals surface area contributed by atoms with Crippen LogP contribution in [-0.2, 0) is 6.42 Å². The zero-order valence-electron chi connectivity index (χ0n) is 12.1. The molecule has 0 fully saturated rings. The molecule has 0 saturated carbocycles. The van der Waals surface area contributed by atoms with Crippen LogP contribution < -0.4 is 0 Å². The molecule has 0 aromatic heterocycles. The summed E-state index contributed by atoms with van der Waals surface area (Å²) in [7, 11) is 0. The summed E-state index contributed by atoms with van der Waals surface area (Å²) in [4.78, 5) is 0. The average Bonchev–Trinajstić information content (AvgIpc) is 2.82. The minimum Gasteiger partial charge on any atom is -0.0654 e. The third-order valence-electron chi connectivity index (χ3n) is 4.02. The predicted octanol–water partition coefficient (Wildman–Crippen LogP) is 6.53. The quantitative estimate of drug-likeness (QED) is 0.478. The van der Waals surface area contributed by atoms with Crippen molar-refractivity contribution in [2.24, 2.45) is 0 Å². The summed E-state index contributed by atoms with van der Waals surface area (Å²) in [6.45, 7) is 2.28. The van der Waals surface area contributed by atoms with E-state index in [1.807, 2.05) is 0 Å². The first kappa shape index (κ1) is 14.8. The van der Waals surface area contributed by atoms with Gasteiger partial charge in [-0.05, 0) is 36.5 Å². The fourth-order valence-electron chi connectivity index (χ4n) is 2.86. The van der Waals surface area contributed by atoms with Crippen molar-refractivity contribution in [2.75, 3.05) is 0 Å². The lowest BCUT2D eigenvalue weighted by Gasteiger charge is -2.04. The Labute approximate surface area is 126 Å². The molecule has 0 nitrogen and oxygen atoms in total. The van der Waals surface area contributed by atoms with Gasteiger partial charge in [0.25, 0.3) is 0 Å². The van der Waals surface area contributed by atoms with Gasteiger partial charge in [-0.2, -0.15) is 0 Å². The van der Waals surface area contributed by atoms with Gasteiger partial charge in [-0.3, -0.25) is 0 Å². The van der Waals surface area contributed by atoms with Crippen molar-refractivity contribution in [1.82, 2.24) is 0 Å². The number of benzene rings is 1. The zero-order chi connectivity index (χ0) is 13.5. The molecule has 2 rings (SSSR count). The molecule has 0 bridgehead atoms. The molecule has 1 heteroatoms. The van der Waals surface area contributed by atoms with E-state index in [9.17, 15) is 0 Å². The molecule has 1 aromatic carbocycles. The maximum Gasteiger partial charge on any atom is 0.0216 e. The summed E-state index contributed by atoms with van der Waals surface area (Å²) in [6, 6.07) is 6.53. The van der Waals surface area contributed by atoms with Crippen molar-refractivity contribution in [3.05, 3.63) is 39.4 Å². The van der Waals surface area contributed by atoms with Gasteiger partial charge in [0.05, 0.1) is 0 Å². The van der Waals surface area contributed by atoms with Gasteiger partial charge in [0, 0.05) is 4.47 Å². The third kappa shape index (κ3) is 4.49. The molecule has 0 spiro atoms. The van der Waals surface area contributed by atoms with Crippen LogP contribution >= 0.6 is 15.9 Å². The molecule has 0 radical (unpaired) electrons. The molecule has 0 atom stereocenters. The Morgan fingerprint density at radius 2 is 1.74 bits per heavy atom. The summed E-state index contributed by atoms with van der Waals surface area (Å²) in [5, 5.41) is 0. The number of fused-ring (bicyclic) bond motifs is 1. The minimum atomic E-state index is 1.16. The highest BCUT2D eigenvalue weighted by molar-refractivity contribution is 9.10. The molecule has 0 unspecified atom stereocenters. The molecular formula is C18H25Br. The molecule has 0 saturated heterocycles. The lowest BCUT2D eigenvalue weighted by molar-refractivity contribution is 0.588. The molecule has 0 heterocycles. The molecule has 1 aliphatic carbocycles. The van der Waals surface area contributed by atoms with Gasteiger partial charge in [-0.1, -0.05) is 85.2 Å². The number of halogens is 1. The van der Waals surface area contributed by atoms with E-state index in [-0.39, 0.29) is 0 Å². The van der Waals surface area contributed by atoms with Crippen LogP contribution in [-0.4, -0.2) is 0 Å². The SMILES string of the molecule is CCCCCCCCCC1=Cc2cccc(Br)c2C1. The van der Waals surface area contributed by atoms with Crippen LogP contribution in [0, 0.1) is 0 Å². The smallest absolute Gasteiger partial charge is 0.0216 e. The van der Waals surface area contributed by atoms with Crippen molar-refractivity contribution >= 4 is 22.0 Å². The van der Waals surface area contributed by atoms with Crippen LogP contribution in [0.4, 0.5) is 0 Å². The lowest BCUT2D eigenvalue weighted by atomic mass is 10.0. The normalized spacial score (nSPS) is 13.5. The molecule has 1 aromatic rings. The van der Waals surface area contributed by atoms with E-state index in [1.54, 1.807) is 5.57 Å². The van der Waals surface area contributed by atoms with E-state index in [0.717, 1.165) is 6.42 Å². The van der Waals surface area contributed by atoms with Crippen molar-refractivity contribution < 1.29 is 0 Å². The van der Waals surface area contributed by atoms with Gasteiger partial charge in [0.2, 0.25) is 0 Å². The Morgan fingerprint density at radius 3 is 2.47 bits per heavy atom. The monoisotopic (exact) mass is 320 g/mol. The van der Waals surface area contributed by atoms with E-state index in [2.05, 4.69) is 47.1 Å². The molecule has 1 aliphatic rings. The summed E-state index contributed by atoms with van der Waals surface area (Å²) in [6.07, 6.45) is 14.6. The summed E-state index contributed by atoms with van der Waals surface area (Å²) < 4.78 is 1.27. The van der Waals surface area contributed by atoms with E-state index < -0.39 is 0 Å². The van der Waals surface area contributed by atoms with Crippen LogP contribution in [0.3, 0.4) is 0 Å². The Morgan fingerprint density at radius 1 is 1.00 bits per heavy atom. The van der Waals surface area contributed by atoms with E-state index >= 15 is 0 Å². The topological polar surface area (TPSA) is 0 Å². The second-order valence-corrected chi connectivity index (χ2v) is 6.51.